The fraction of sp³-hybridized carbons (Fsp3) is 0.278. The van der Waals surface area contributed by atoms with Gasteiger partial charge >= 0.3 is 0 Å². The second kappa shape index (κ2) is 15.2. The summed E-state index contributed by atoms with van der Waals surface area (Å²) in [5.41, 5.74) is 6.76. The molecule has 1 aliphatic rings. The Balaban J connectivity index is 1.39. The van der Waals surface area contributed by atoms with Crippen molar-refractivity contribution < 1.29 is 9.59 Å². The summed E-state index contributed by atoms with van der Waals surface area (Å²) in [6.07, 6.45) is 4.50. The number of amides is 2. The van der Waals surface area contributed by atoms with Gasteiger partial charge in [0.25, 0.3) is 0 Å². The van der Waals surface area contributed by atoms with Crippen molar-refractivity contribution in [1.82, 2.24) is 19.8 Å². The van der Waals surface area contributed by atoms with E-state index in [0.29, 0.717) is 37.0 Å². The van der Waals surface area contributed by atoms with E-state index < -0.39 is 0 Å². The summed E-state index contributed by atoms with van der Waals surface area (Å²) in [7, 11) is 4.09. The van der Waals surface area contributed by atoms with Crippen molar-refractivity contribution in [2.75, 3.05) is 67.3 Å². The molecule has 0 bridgehead atoms. The number of hydrogen-bond donors (Lipinski definition) is 2. The third kappa shape index (κ3) is 8.28. The number of likely N-dealkylation sites (N-methyl/N-ethyl adjacent to an activating group) is 1. The van der Waals surface area contributed by atoms with Crippen LogP contribution in [0.25, 0.3) is 0 Å². The molecule has 5 rings (SSSR count). The molecular weight excluding hydrogens is 576 g/mol. The minimum absolute atomic E-state index is 0.282. The lowest BCUT2D eigenvalue weighted by atomic mass is 10.1. The van der Waals surface area contributed by atoms with Crippen LogP contribution in [0.2, 0.25) is 0 Å². The smallest absolute Gasteiger partial charge is 0.247 e. The molecule has 2 N–H and O–H groups in total. The zero-order chi connectivity index (χ0) is 32.5. The number of anilines is 6. The van der Waals surface area contributed by atoms with Gasteiger partial charge in [-0.3, -0.25) is 9.59 Å². The summed E-state index contributed by atoms with van der Waals surface area (Å²) in [4.78, 5) is 42.1. The van der Waals surface area contributed by atoms with E-state index >= 15 is 0 Å². The maximum atomic E-state index is 12.0. The van der Waals surface area contributed by atoms with Crippen LogP contribution in [0.15, 0.2) is 91.6 Å². The van der Waals surface area contributed by atoms with Gasteiger partial charge in [-0.05, 0) is 74.0 Å². The predicted octanol–water partition coefficient (Wildman–Crippen LogP) is 5.37. The van der Waals surface area contributed by atoms with Crippen LogP contribution >= 0.6 is 0 Å². The lowest BCUT2D eigenvalue weighted by molar-refractivity contribution is -0.118. The summed E-state index contributed by atoms with van der Waals surface area (Å²) >= 11 is 0. The van der Waals surface area contributed by atoms with Crippen LogP contribution in [0, 0.1) is 6.92 Å². The van der Waals surface area contributed by atoms with Crippen molar-refractivity contribution in [1.29, 1.82) is 0 Å². The van der Waals surface area contributed by atoms with E-state index in [1.54, 1.807) is 4.90 Å². The van der Waals surface area contributed by atoms with Gasteiger partial charge in [0.05, 0.1) is 0 Å². The van der Waals surface area contributed by atoms with Gasteiger partial charge in [0.1, 0.15) is 5.82 Å². The molecular formula is C36H42N8O2. The van der Waals surface area contributed by atoms with Gasteiger partial charge in [-0.2, -0.15) is 4.98 Å². The number of hydrogen-bond acceptors (Lipinski definition) is 8. The second-order valence-corrected chi connectivity index (χ2v) is 11.6. The Morgan fingerprint density at radius 3 is 2.50 bits per heavy atom. The zero-order valence-electron chi connectivity index (χ0n) is 26.8. The molecule has 0 spiro atoms. The van der Waals surface area contributed by atoms with E-state index in [-0.39, 0.29) is 5.91 Å². The van der Waals surface area contributed by atoms with Crippen LogP contribution in [-0.2, 0) is 22.6 Å². The van der Waals surface area contributed by atoms with Crippen molar-refractivity contribution in [3.05, 3.63) is 108 Å². The molecule has 238 valence electrons. The standard InChI is InChI=1S/C36H42N8O2/c1-5-34(46)38-30-12-9-13-32(23-30)42(4)35-29(16-17-43(26-45)25-28-10-7-6-8-11-28)24-37-36(40-35)39-31-14-15-33(27(2)22-31)44-20-18-41(3)19-21-44/h5-15,22-24,26H,1,16-21,25H2,2-4H3,(H,38,46)(H,37,39,40). The van der Waals surface area contributed by atoms with Crippen LogP contribution in [-0.4, -0.2) is 78.9 Å². The molecule has 1 saturated heterocycles. The molecule has 0 atom stereocenters. The number of aryl methyl sites for hydroxylation is 1. The van der Waals surface area contributed by atoms with Crippen LogP contribution in [0.4, 0.5) is 34.5 Å². The monoisotopic (exact) mass is 618 g/mol. The van der Waals surface area contributed by atoms with Crippen LogP contribution < -0.4 is 20.4 Å². The number of nitrogens with one attached hydrogen (secondary N) is 2. The van der Waals surface area contributed by atoms with E-state index in [1.807, 2.05) is 72.7 Å². The van der Waals surface area contributed by atoms with Gasteiger partial charge in [-0.1, -0.05) is 43.0 Å². The predicted molar refractivity (Wildman–Crippen MR) is 186 cm³/mol. The van der Waals surface area contributed by atoms with Crippen molar-refractivity contribution in [3.8, 4) is 0 Å². The fourth-order valence-corrected chi connectivity index (χ4v) is 5.55. The summed E-state index contributed by atoms with van der Waals surface area (Å²) < 4.78 is 0. The van der Waals surface area contributed by atoms with E-state index in [1.165, 1.54) is 17.3 Å². The van der Waals surface area contributed by atoms with Gasteiger partial charge in [-0.15, -0.1) is 0 Å². The molecule has 0 radical (unpaired) electrons. The third-order valence-electron chi connectivity index (χ3n) is 8.19. The maximum absolute atomic E-state index is 12.0. The zero-order valence-corrected chi connectivity index (χ0v) is 26.8. The van der Waals surface area contributed by atoms with Gasteiger partial charge in [-0.25, -0.2) is 4.98 Å². The highest BCUT2D eigenvalue weighted by atomic mass is 16.1. The molecule has 1 fully saturated rings. The van der Waals surface area contributed by atoms with Gasteiger partial charge in [0.15, 0.2) is 0 Å². The van der Waals surface area contributed by atoms with Crippen LogP contribution in [0.5, 0.6) is 0 Å². The number of aromatic nitrogens is 2. The number of carbonyl (C=O) groups excluding carboxylic acids is 2. The summed E-state index contributed by atoms with van der Waals surface area (Å²) in [5, 5.41) is 6.22. The Kier molecular flexibility index (Phi) is 10.6. The summed E-state index contributed by atoms with van der Waals surface area (Å²) in [6.45, 7) is 10.8. The minimum Gasteiger partial charge on any atom is -0.369 e. The quantitative estimate of drug-likeness (QED) is 0.153. The lowest BCUT2D eigenvalue weighted by Crippen LogP contribution is -2.44. The summed E-state index contributed by atoms with van der Waals surface area (Å²) in [5.74, 6) is 0.876. The van der Waals surface area contributed by atoms with E-state index in [0.717, 1.165) is 55.1 Å². The molecule has 10 heteroatoms. The number of nitrogens with zero attached hydrogens (tertiary/aromatic N) is 6. The molecule has 1 aromatic heterocycles. The molecule has 0 aliphatic carbocycles. The van der Waals surface area contributed by atoms with Gasteiger partial charge in [0.2, 0.25) is 18.3 Å². The lowest BCUT2D eigenvalue weighted by Gasteiger charge is -2.35. The number of benzene rings is 3. The van der Waals surface area contributed by atoms with Gasteiger partial charge < -0.3 is 30.2 Å². The largest absolute Gasteiger partial charge is 0.369 e. The molecule has 0 unspecified atom stereocenters. The third-order valence-corrected chi connectivity index (χ3v) is 8.19. The van der Waals surface area contributed by atoms with Crippen molar-refractivity contribution in [2.24, 2.45) is 0 Å². The molecule has 1 aliphatic heterocycles. The Morgan fingerprint density at radius 2 is 1.78 bits per heavy atom. The highest BCUT2D eigenvalue weighted by Crippen LogP contribution is 2.30. The van der Waals surface area contributed by atoms with E-state index in [2.05, 4.69) is 64.2 Å². The Hall–Kier alpha value is -5.22. The first kappa shape index (κ1) is 32.2. The molecule has 46 heavy (non-hydrogen) atoms. The first-order chi connectivity index (χ1) is 22.3. The van der Waals surface area contributed by atoms with Gasteiger partial charge in [0, 0.05) is 80.8 Å². The maximum Gasteiger partial charge on any atom is 0.247 e. The average molecular weight is 619 g/mol. The molecule has 3 aromatic carbocycles. The van der Waals surface area contributed by atoms with Crippen molar-refractivity contribution >= 4 is 46.8 Å². The Labute approximate surface area is 271 Å². The topological polar surface area (TPSA) is 96.9 Å². The number of carbonyl (C=O) groups is 2. The van der Waals surface area contributed by atoms with E-state index in [9.17, 15) is 9.59 Å². The summed E-state index contributed by atoms with van der Waals surface area (Å²) in [6, 6.07) is 23.8. The number of rotatable bonds is 13. The number of piperazine rings is 1. The normalized spacial score (nSPS) is 13.2. The minimum atomic E-state index is -0.282. The first-order valence-electron chi connectivity index (χ1n) is 15.5. The SMILES string of the molecule is C=CC(=O)Nc1cccc(N(C)c2nc(Nc3ccc(N4CCN(C)CC4)c(C)c3)ncc2CCN(C=O)Cc2ccccc2)c1. The van der Waals surface area contributed by atoms with E-state index in [4.69, 9.17) is 4.98 Å². The highest BCUT2D eigenvalue weighted by Gasteiger charge is 2.18. The average Bonchev–Trinajstić information content (AvgIpc) is 3.07. The van der Waals surface area contributed by atoms with Crippen LogP contribution in [0.1, 0.15) is 16.7 Å². The molecule has 10 nitrogen and oxygen atoms in total. The molecule has 2 heterocycles. The Morgan fingerprint density at radius 1 is 1.00 bits per heavy atom. The first-order valence-corrected chi connectivity index (χ1v) is 15.5. The highest BCUT2D eigenvalue weighted by molar-refractivity contribution is 5.99. The van der Waals surface area contributed by atoms with Crippen molar-refractivity contribution in [3.63, 3.8) is 0 Å². The molecule has 2 amide bonds. The molecule has 4 aromatic rings. The Bertz CT molecular complexity index is 1650. The fourth-order valence-electron chi connectivity index (χ4n) is 5.55. The molecule has 0 saturated carbocycles. The second-order valence-electron chi connectivity index (χ2n) is 11.6. The van der Waals surface area contributed by atoms with Crippen LogP contribution in [0.3, 0.4) is 0 Å². The van der Waals surface area contributed by atoms with Crippen molar-refractivity contribution in [2.45, 2.75) is 19.9 Å².